The Bertz CT molecular complexity index is 180. The van der Waals surface area contributed by atoms with Crippen LogP contribution in [0, 0.1) is 0 Å². The minimum atomic E-state index is -0.900. The summed E-state index contributed by atoms with van der Waals surface area (Å²) >= 11 is 0. The lowest BCUT2D eigenvalue weighted by atomic mass is 10.2. The van der Waals surface area contributed by atoms with Gasteiger partial charge in [0.2, 0.25) is 0 Å². The number of likely N-dealkylation sites (N-methyl/N-ethyl adjacent to an activating group) is 1. The van der Waals surface area contributed by atoms with E-state index in [0.29, 0.717) is 6.61 Å². The third-order valence-corrected chi connectivity index (χ3v) is 2.23. The molecular weight excluding hydrogens is 186 g/mol. The van der Waals surface area contributed by atoms with Crippen LogP contribution in [0.1, 0.15) is 19.3 Å². The number of carbonyl (C=O) groups is 1. The van der Waals surface area contributed by atoms with Crippen molar-refractivity contribution in [2.75, 3.05) is 20.3 Å². The highest BCUT2D eigenvalue weighted by Gasteiger charge is 2.19. The van der Waals surface area contributed by atoms with Gasteiger partial charge in [-0.2, -0.15) is 0 Å². The molecule has 2 atom stereocenters. The third-order valence-electron chi connectivity index (χ3n) is 2.23. The van der Waals surface area contributed by atoms with Crippen LogP contribution in [0.2, 0.25) is 0 Å². The van der Waals surface area contributed by atoms with Gasteiger partial charge in [0.1, 0.15) is 6.04 Å². The summed E-state index contributed by atoms with van der Waals surface area (Å²) in [6.07, 6.45) is 2.78. The van der Waals surface area contributed by atoms with Gasteiger partial charge in [-0.15, -0.1) is 0 Å². The molecule has 0 amide bonds. The summed E-state index contributed by atoms with van der Waals surface area (Å²) in [4.78, 5) is 10.6. The van der Waals surface area contributed by atoms with Gasteiger partial charge in [0.25, 0.3) is 0 Å². The van der Waals surface area contributed by atoms with E-state index in [9.17, 15) is 4.79 Å². The van der Waals surface area contributed by atoms with E-state index in [2.05, 4.69) is 5.32 Å². The predicted octanol–water partition coefficient (Wildman–Crippen LogP) is 0.202. The zero-order chi connectivity index (χ0) is 10.4. The molecule has 1 rings (SSSR count). The molecule has 5 nitrogen and oxygen atoms in total. The first-order valence-electron chi connectivity index (χ1n) is 4.87. The van der Waals surface area contributed by atoms with Crippen molar-refractivity contribution in [3.63, 3.8) is 0 Å². The van der Waals surface area contributed by atoms with Crippen molar-refractivity contribution < 1.29 is 19.4 Å². The van der Waals surface area contributed by atoms with Crippen LogP contribution in [0.4, 0.5) is 0 Å². The lowest BCUT2D eigenvalue weighted by Gasteiger charge is -2.24. The smallest absolute Gasteiger partial charge is 0.323 e. The Morgan fingerprint density at radius 2 is 2.50 bits per heavy atom. The highest BCUT2D eigenvalue weighted by molar-refractivity contribution is 5.73. The molecule has 2 N–H and O–H groups in total. The minimum Gasteiger partial charge on any atom is -0.480 e. The summed E-state index contributed by atoms with van der Waals surface area (Å²) in [6, 6.07) is -0.652. The van der Waals surface area contributed by atoms with Crippen LogP contribution < -0.4 is 5.32 Å². The number of aliphatic carboxylic acids is 1. The number of carboxylic acids is 1. The van der Waals surface area contributed by atoms with Gasteiger partial charge < -0.3 is 19.9 Å². The molecule has 5 heteroatoms. The van der Waals surface area contributed by atoms with Crippen molar-refractivity contribution in [1.82, 2.24) is 5.32 Å². The minimum absolute atomic E-state index is 0.149. The maximum absolute atomic E-state index is 10.6. The number of ether oxygens (including phenoxy) is 2. The largest absolute Gasteiger partial charge is 0.480 e. The Kier molecular flexibility index (Phi) is 4.86. The Morgan fingerprint density at radius 3 is 3.00 bits per heavy atom. The van der Waals surface area contributed by atoms with Gasteiger partial charge in [0.05, 0.1) is 6.61 Å². The summed E-state index contributed by atoms with van der Waals surface area (Å²) in [6.45, 7) is 0.860. The molecule has 0 bridgehead atoms. The van der Waals surface area contributed by atoms with Gasteiger partial charge in [-0.05, 0) is 26.3 Å². The molecule has 1 saturated heterocycles. The molecule has 1 heterocycles. The van der Waals surface area contributed by atoms with E-state index in [4.69, 9.17) is 14.6 Å². The second-order valence-corrected chi connectivity index (χ2v) is 3.31. The fourth-order valence-electron chi connectivity index (χ4n) is 1.32. The first-order chi connectivity index (χ1) is 6.74. The lowest BCUT2D eigenvalue weighted by Crippen LogP contribution is -2.40. The van der Waals surface area contributed by atoms with Crippen LogP contribution in [-0.4, -0.2) is 43.7 Å². The van der Waals surface area contributed by atoms with Crippen LogP contribution >= 0.6 is 0 Å². The molecule has 14 heavy (non-hydrogen) atoms. The van der Waals surface area contributed by atoms with E-state index >= 15 is 0 Å². The number of carboxylic acid groups (broad SMARTS) is 1. The maximum Gasteiger partial charge on any atom is 0.323 e. The summed E-state index contributed by atoms with van der Waals surface area (Å²) in [5.74, 6) is -0.900. The molecule has 1 aliphatic heterocycles. The second-order valence-electron chi connectivity index (χ2n) is 3.31. The van der Waals surface area contributed by atoms with Gasteiger partial charge in [0, 0.05) is 6.61 Å². The number of hydrogen-bond acceptors (Lipinski definition) is 4. The van der Waals surface area contributed by atoms with E-state index in [-0.39, 0.29) is 12.9 Å². The second kappa shape index (κ2) is 5.95. The van der Waals surface area contributed by atoms with Crippen molar-refractivity contribution in [1.29, 1.82) is 0 Å². The van der Waals surface area contributed by atoms with E-state index in [1.165, 1.54) is 0 Å². The average molecular weight is 203 g/mol. The number of rotatable bonds is 5. The molecule has 1 fully saturated rings. The maximum atomic E-state index is 10.6. The van der Waals surface area contributed by atoms with Crippen molar-refractivity contribution >= 4 is 5.97 Å². The van der Waals surface area contributed by atoms with E-state index in [1.54, 1.807) is 7.05 Å². The first kappa shape index (κ1) is 11.4. The normalized spacial score (nSPS) is 24.5. The van der Waals surface area contributed by atoms with Crippen molar-refractivity contribution in [3.05, 3.63) is 0 Å². The Labute approximate surface area is 83.4 Å². The van der Waals surface area contributed by atoms with Gasteiger partial charge in [-0.1, -0.05) is 0 Å². The monoisotopic (exact) mass is 203 g/mol. The molecule has 0 spiro atoms. The zero-order valence-electron chi connectivity index (χ0n) is 8.36. The Hall–Kier alpha value is -0.650. The van der Waals surface area contributed by atoms with Gasteiger partial charge >= 0.3 is 5.97 Å². The van der Waals surface area contributed by atoms with E-state index in [0.717, 1.165) is 19.3 Å². The molecule has 1 aliphatic rings. The van der Waals surface area contributed by atoms with Crippen LogP contribution in [-0.2, 0) is 14.3 Å². The summed E-state index contributed by atoms with van der Waals surface area (Å²) in [5.41, 5.74) is 0. The first-order valence-corrected chi connectivity index (χ1v) is 4.87. The molecule has 1 unspecified atom stereocenters. The Morgan fingerprint density at radius 1 is 1.71 bits per heavy atom. The molecule has 0 saturated carbocycles. The van der Waals surface area contributed by atoms with Crippen molar-refractivity contribution in [2.45, 2.75) is 31.6 Å². The van der Waals surface area contributed by atoms with Crippen LogP contribution in [0.5, 0.6) is 0 Å². The van der Waals surface area contributed by atoms with Gasteiger partial charge in [-0.25, -0.2) is 0 Å². The van der Waals surface area contributed by atoms with Gasteiger partial charge in [-0.3, -0.25) is 4.79 Å². The molecule has 0 aromatic heterocycles. The van der Waals surface area contributed by atoms with E-state index in [1.807, 2.05) is 0 Å². The SMILES string of the molecule is CN[C@@H](COC1CCCCO1)C(=O)O. The van der Waals surface area contributed by atoms with Crippen molar-refractivity contribution in [2.24, 2.45) is 0 Å². The quantitative estimate of drug-likeness (QED) is 0.668. The van der Waals surface area contributed by atoms with Crippen LogP contribution in [0.25, 0.3) is 0 Å². The lowest BCUT2D eigenvalue weighted by molar-refractivity contribution is -0.171. The third kappa shape index (κ3) is 3.61. The van der Waals surface area contributed by atoms with E-state index < -0.39 is 12.0 Å². The fraction of sp³-hybridized carbons (Fsp3) is 0.889. The molecule has 0 aromatic carbocycles. The number of hydrogen-bond donors (Lipinski definition) is 2. The highest BCUT2D eigenvalue weighted by atomic mass is 16.7. The van der Waals surface area contributed by atoms with Crippen LogP contribution in [0.15, 0.2) is 0 Å². The average Bonchev–Trinajstić information content (AvgIpc) is 2.20. The van der Waals surface area contributed by atoms with Crippen LogP contribution in [0.3, 0.4) is 0 Å². The highest BCUT2D eigenvalue weighted by Crippen LogP contribution is 2.13. The summed E-state index contributed by atoms with van der Waals surface area (Å²) < 4.78 is 10.6. The van der Waals surface area contributed by atoms with Gasteiger partial charge in [0.15, 0.2) is 6.29 Å². The summed E-state index contributed by atoms with van der Waals surface area (Å²) in [5, 5.41) is 11.4. The number of nitrogens with one attached hydrogen (secondary N) is 1. The molecule has 0 aliphatic carbocycles. The Balaban J connectivity index is 2.20. The standard InChI is InChI=1S/C9H17NO4/c1-10-7(9(11)12)6-14-8-4-2-3-5-13-8/h7-8,10H,2-6H2,1H3,(H,11,12)/t7-,8?/m0/s1. The zero-order valence-corrected chi connectivity index (χ0v) is 8.36. The molecular formula is C9H17NO4. The fourth-order valence-corrected chi connectivity index (χ4v) is 1.32. The topological polar surface area (TPSA) is 67.8 Å². The molecule has 0 radical (unpaired) electrons. The molecule has 82 valence electrons. The van der Waals surface area contributed by atoms with Crippen molar-refractivity contribution in [3.8, 4) is 0 Å². The predicted molar refractivity (Wildman–Crippen MR) is 50.0 cm³/mol. The summed E-state index contributed by atoms with van der Waals surface area (Å²) in [7, 11) is 1.60. The molecule has 0 aromatic rings.